The summed E-state index contributed by atoms with van der Waals surface area (Å²) in [6, 6.07) is 12.0. The normalized spacial score (nSPS) is 14.9. The molecular formula is C19H28N2OP2. The van der Waals surface area contributed by atoms with Gasteiger partial charge < -0.3 is 4.57 Å². The third-order valence-corrected chi connectivity index (χ3v) is 8.71. The summed E-state index contributed by atoms with van der Waals surface area (Å²) >= 11 is 0. The van der Waals surface area contributed by atoms with Crippen molar-refractivity contribution < 1.29 is 4.57 Å². The number of rotatable bonds is 10. The van der Waals surface area contributed by atoms with E-state index in [1.165, 1.54) is 18.0 Å². The van der Waals surface area contributed by atoms with Crippen molar-refractivity contribution in [1.29, 1.82) is 0 Å². The fraction of sp³-hybridized carbons (Fsp3) is 0.474. The SMILES string of the molecule is CP(CCCP(C)(=O)CCc1ccccn1)CCc1ccccn1. The van der Waals surface area contributed by atoms with Gasteiger partial charge in [-0.3, -0.25) is 9.97 Å². The van der Waals surface area contributed by atoms with Crippen LogP contribution in [-0.2, 0) is 17.4 Å². The van der Waals surface area contributed by atoms with Crippen molar-refractivity contribution in [3.8, 4) is 0 Å². The molecule has 5 heteroatoms. The maximum atomic E-state index is 12.7. The molecule has 2 heterocycles. The zero-order valence-electron chi connectivity index (χ0n) is 14.8. The van der Waals surface area contributed by atoms with Crippen LogP contribution in [0.5, 0.6) is 0 Å². The molecule has 0 aliphatic rings. The third-order valence-electron chi connectivity index (χ3n) is 4.21. The summed E-state index contributed by atoms with van der Waals surface area (Å²) < 4.78 is 12.7. The van der Waals surface area contributed by atoms with Crippen LogP contribution >= 0.6 is 15.1 Å². The van der Waals surface area contributed by atoms with E-state index in [9.17, 15) is 4.57 Å². The third kappa shape index (κ3) is 7.69. The smallest absolute Gasteiger partial charge is 0.0852 e. The van der Waals surface area contributed by atoms with Gasteiger partial charge in [-0.1, -0.05) is 12.1 Å². The molecule has 0 aliphatic heterocycles. The predicted molar refractivity (Wildman–Crippen MR) is 106 cm³/mol. The standard InChI is InChI=1S/C19H28N2OP2/c1-23(15-10-18-8-3-5-12-20-18)14-7-16-24(2,22)17-11-19-9-4-6-13-21-19/h3-6,8-9,12-13H,7,10-11,14-17H2,1-2H3. The molecule has 2 rings (SSSR count). The number of aromatic nitrogens is 2. The zero-order valence-corrected chi connectivity index (χ0v) is 16.6. The molecule has 2 atom stereocenters. The van der Waals surface area contributed by atoms with E-state index >= 15 is 0 Å². The monoisotopic (exact) mass is 362 g/mol. The van der Waals surface area contributed by atoms with Gasteiger partial charge >= 0.3 is 0 Å². The van der Waals surface area contributed by atoms with Gasteiger partial charge in [0, 0.05) is 36.1 Å². The molecule has 0 aromatic carbocycles. The Hall–Kier alpha value is -1.04. The lowest BCUT2D eigenvalue weighted by atomic mass is 10.3. The second-order valence-electron chi connectivity index (χ2n) is 6.54. The van der Waals surface area contributed by atoms with Crippen molar-refractivity contribution in [1.82, 2.24) is 9.97 Å². The molecule has 0 amide bonds. The van der Waals surface area contributed by atoms with Crippen molar-refractivity contribution in [3.63, 3.8) is 0 Å². The molecular weight excluding hydrogens is 334 g/mol. The lowest BCUT2D eigenvalue weighted by Gasteiger charge is -2.15. The van der Waals surface area contributed by atoms with Crippen molar-refractivity contribution in [2.45, 2.75) is 19.3 Å². The minimum absolute atomic E-state index is 0.0162. The molecule has 24 heavy (non-hydrogen) atoms. The summed E-state index contributed by atoms with van der Waals surface area (Å²) in [6.07, 6.45) is 10.7. The Morgan fingerprint density at radius 3 is 2.12 bits per heavy atom. The van der Waals surface area contributed by atoms with E-state index in [1.807, 2.05) is 43.3 Å². The van der Waals surface area contributed by atoms with E-state index < -0.39 is 7.14 Å². The Morgan fingerprint density at radius 2 is 1.54 bits per heavy atom. The van der Waals surface area contributed by atoms with E-state index in [0.717, 1.165) is 37.3 Å². The summed E-state index contributed by atoms with van der Waals surface area (Å²) in [5.74, 6) is 0. The zero-order chi connectivity index (χ0) is 17.3. The summed E-state index contributed by atoms with van der Waals surface area (Å²) in [7, 11) is -2.02. The first-order chi connectivity index (χ1) is 11.6. The predicted octanol–water partition coefficient (Wildman–Crippen LogP) is 4.76. The largest absolute Gasteiger partial charge is 0.324 e. The number of hydrogen-bond acceptors (Lipinski definition) is 3. The van der Waals surface area contributed by atoms with Crippen LogP contribution in [0, 0.1) is 0 Å². The van der Waals surface area contributed by atoms with Gasteiger partial charge in [0.05, 0.1) is 7.14 Å². The number of nitrogens with zero attached hydrogens (tertiary/aromatic N) is 2. The first kappa shape index (κ1) is 19.3. The maximum Gasteiger partial charge on any atom is 0.0852 e. The van der Waals surface area contributed by atoms with E-state index in [-0.39, 0.29) is 7.92 Å². The first-order valence-electron chi connectivity index (χ1n) is 8.59. The highest BCUT2D eigenvalue weighted by Crippen LogP contribution is 2.44. The summed E-state index contributed by atoms with van der Waals surface area (Å²) in [6.45, 7) is 4.31. The van der Waals surface area contributed by atoms with Crippen LogP contribution in [0.25, 0.3) is 0 Å². The van der Waals surface area contributed by atoms with E-state index in [1.54, 1.807) is 0 Å². The topological polar surface area (TPSA) is 42.9 Å². The molecule has 0 radical (unpaired) electrons. The summed E-state index contributed by atoms with van der Waals surface area (Å²) in [5.41, 5.74) is 2.23. The van der Waals surface area contributed by atoms with E-state index in [4.69, 9.17) is 0 Å². The molecule has 0 aliphatic carbocycles. The van der Waals surface area contributed by atoms with Gasteiger partial charge in [-0.2, -0.15) is 0 Å². The molecule has 3 nitrogen and oxygen atoms in total. The highest BCUT2D eigenvalue weighted by molar-refractivity contribution is 7.63. The second-order valence-corrected chi connectivity index (χ2v) is 12.6. The number of pyridine rings is 2. The van der Waals surface area contributed by atoms with E-state index in [2.05, 4.69) is 28.8 Å². The quantitative estimate of drug-likeness (QED) is 0.573. The van der Waals surface area contributed by atoms with Crippen LogP contribution in [0.15, 0.2) is 48.8 Å². The molecule has 0 fully saturated rings. The Bertz CT molecular complexity index is 634. The Labute approximate surface area is 147 Å². The molecule has 2 aromatic heterocycles. The van der Waals surface area contributed by atoms with Gasteiger partial charge in [0.15, 0.2) is 0 Å². The highest BCUT2D eigenvalue weighted by atomic mass is 31.2. The van der Waals surface area contributed by atoms with Crippen molar-refractivity contribution in [2.24, 2.45) is 0 Å². The lowest BCUT2D eigenvalue weighted by molar-refractivity contribution is 0.577. The average molecular weight is 362 g/mol. The van der Waals surface area contributed by atoms with Crippen LogP contribution in [0.4, 0.5) is 0 Å². The first-order valence-corrected chi connectivity index (χ1v) is 13.3. The average Bonchev–Trinajstić information content (AvgIpc) is 2.60. The van der Waals surface area contributed by atoms with Crippen LogP contribution < -0.4 is 0 Å². The van der Waals surface area contributed by atoms with Crippen LogP contribution in [0.2, 0.25) is 0 Å². The van der Waals surface area contributed by atoms with Crippen molar-refractivity contribution in [3.05, 3.63) is 60.2 Å². The number of hydrogen-bond donors (Lipinski definition) is 0. The van der Waals surface area contributed by atoms with Crippen LogP contribution in [0.3, 0.4) is 0 Å². The molecule has 0 saturated heterocycles. The molecule has 0 N–H and O–H groups in total. The highest BCUT2D eigenvalue weighted by Gasteiger charge is 2.15. The fourth-order valence-electron chi connectivity index (χ4n) is 2.65. The summed E-state index contributed by atoms with van der Waals surface area (Å²) in [5, 5.41) is 0. The molecule has 0 bridgehead atoms. The van der Waals surface area contributed by atoms with Crippen molar-refractivity contribution in [2.75, 3.05) is 38.0 Å². The molecule has 130 valence electrons. The van der Waals surface area contributed by atoms with Crippen LogP contribution in [0.1, 0.15) is 17.8 Å². The molecule has 0 saturated carbocycles. The minimum atomic E-state index is -2.03. The van der Waals surface area contributed by atoms with Gasteiger partial charge in [0.2, 0.25) is 0 Å². The maximum absolute atomic E-state index is 12.7. The molecule has 2 unspecified atom stereocenters. The second kappa shape index (κ2) is 10.1. The summed E-state index contributed by atoms with van der Waals surface area (Å²) in [4.78, 5) is 8.70. The van der Waals surface area contributed by atoms with Gasteiger partial charge in [0.25, 0.3) is 0 Å². The van der Waals surface area contributed by atoms with Gasteiger partial charge in [-0.05, 0) is 69.2 Å². The van der Waals surface area contributed by atoms with Crippen molar-refractivity contribution >= 4 is 15.1 Å². The Balaban J connectivity index is 1.63. The molecule has 0 spiro atoms. The molecule has 2 aromatic rings. The van der Waals surface area contributed by atoms with Gasteiger partial charge in [-0.15, -0.1) is 7.92 Å². The Morgan fingerprint density at radius 1 is 0.917 bits per heavy atom. The van der Waals surface area contributed by atoms with Gasteiger partial charge in [-0.25, -0.2) is 0 Å². The van der Waals surface area contributed by atoms with Gasteiger partial charge in [0.1, 0.15) is 0 Å². The Kier molecular flexibility index (Phi) is 8.09. The number of aryl methyl sites for hydroxylation is 2. The van der Waals surface area contributed by atoms with Crippen LogP contribution in [-0.4, -0.2) is 47.9 Å². The van der Waals surface area contributed by atoms with E-state index in [0.29, 0.717) is 0 Å². The minimum Gasteiger partial charge on any atom is -0.324 e. The lowest BCUT2D eigenvalue weighted by Crippen LogP contribution is -2.02. The fourth-order valence-corrected chi connectivity index (χ4v) is 6.18.